The molecule has 0 aromatic heterocycles. The Morgan fingerprint density at radius 1 is 0.867 bits per heavy atom. The summed E-state index contributed by atoms with van der Waals surface area (Å²) in [7, 11) is -0.172. The molecule has 1 aliphatic carbocycles. The first-order valence-electron chi connectivity index (χ1n) is 11.4. The van der Waals surface area contributed by atoms with Gasteiger partial charge in [0.25, 0.3) is 8.32 Å². The molecule has 30 heavy (non-hydrogen) atoms. The average molecular weight is 421 g/mol. The smallest absolute Gasteiger partial charge is 0.250 e. The van der Waals surface area contributed by atoms with Crippen molar-refractivity contribution in [2.24, 2.45) is 0 Å². The van der Waals surface area contributed by atoms with E-state index in [4.69, 9.17) is 9.16 Å². The van der Waals surface area contributed by atoms with Gasteiger partial charge in [-0.1, -0.05) is 52.8 Å². The van der Waals surface area contributed by atoms with Crippen molar-refractivity contribution in [3.8, 4) is 11.5 Å². The molecule has 0 fully saturated rings. The zero-order valence-electron chi connectivity index (χ0n) is 20.0. The number of fused-ring (bicyclic) bond motifs is 2. The van der Waals surface area contributed by atoms with E-state index < -0.39 is 8.32 Å². The van der Waals surface area contributed by atoms with E-state index in [9.17, 15) is 0 Å². The number of aryl methyl sites for hydroxylation is 2. The van der Waals surface area contributed by atoms with Crippen LogP contribution in [0, 0.1) is 0 Å². The lowest BCUT2D eigenvalue weighted by molar-refractivity contribution is 0.413. The van der Waals surface area contributed by atoms with Crippen molar-refractivity contribution in [2.45, 2.75) is 78.4 Å². The van der Waals surface area contributed by atoms with E-state index in [1.54, 1.807) is 0 Å². The molecular weight excluding hydrogens is 384 g/mol. The lowest BCUT2D eigenvalue weighted by Gasteiger charge is -2.38. The van der Waals surface area contributed by atoms with Crippen LogP contribution in [0.2, 0.25) is 18.1 Å². The summed E-state index contributed by atoms with van der Waals surface area (Å²) < 4.78 is 13.2. The van der Waals surface area contributed by atoms with Crippen LogP contribution in [0.25, 0.3) is 21.5 Å². The molecule has 1 aliphatic rings. The van der Waals surface area contributed by atoms with Gasteiger partial charge in [-0.25, -0.2) is 0 Å². The number of hydrogen-bond acceptors (Lipinski definition) is 2. The van der Waals surface area contributed by atoms with Crippen LogP contribution >= 0.6 is 0 Å². The minimum Gasteiger partial charge on any atom is -0.543 e. The molecule has 4 rings (SSSR count). The number of rotatable bonds is 5. The molecule has 0 radical (unpaired) electrons. The first-order valence-corrected chi connectivity index (χ1v) is 14.3. The maximum absolute atomic E-state index is 7.09. The lowest BCUT2D eigenvalue weighted by atomic mass is 9.90. The molecule has 0 N–H and O–H groups in total. The predicted octanol–water partition coefficient (Wildman–Crippen LogP) is 7.61. The second kappa shape index (κ2) is 7.30. The number of methoxy groups -OCH3 is 1. The lowest BCUT2D eigenvalue weighted by Crippen LogP contribution is -2.44. The van der Waals surface area contributed by atoms with Crippen LogP contribution in [-0.4, -0.2) is 15.4 Å². The summed E-state index contributed by atoms with van der Waals surface area (Å²) in [5.74, 6) is 2.16. The van der Waals surface area contributed by atoms with E-state index >= 15 is 0 Å². The zero-order valence-corrected chi connectivity index (χ0v) is 21.0. The molecule has 2 nitrogen and oxygen atoms in total. The van der Waals surface area contributed by atoms with Gasteiger partial charge in [0, 0.05) is 16.3 Å². The Balaban J connectivity index is 2.18. The third kappa shape index (κ3) is 3.05. The van der Waals surface area contributed by atoms with Crippen LogP contribution < -0.4 is 9.16 Å². The van der Waals surface area contributed by atoms with Crippen LogP contribution in [0.15, 0.2) is 24.3 Å². The van der Waals surface area contributed by atoms with Crippen LogP contribution in [0.4, 0.5) is 0 Å². The van der Waals surface area contributed by atoms with E-state index in [2.05, 4.69) is 72.0 Å². The van der Waals surface area contributed by atoms with Gasteiger partial charge in [-0.05, 0) is 77.3 Å². The highest BCUT2D eigenvalue weighted by Gasteiger charge is 2.40. The van der Waals surface area contributed by atoms with E-state index in [0.29, 0.717) is 0 Å². The first-order chi connectivity index (χ1) is 14.1. The molecule has 0 bridgehead atoms. The topological polar surface area (TPSA) is 18.5 Å². The molecule has 0 unspecified atom stereocenters. The molecule has 0 heterocycles. The van der Waals surface area contributed by atoms with Gasteiger partial charge < -0.3 is 9.16 Å². The molecule has 0 amide bonds. The summed E-state index contributed by atoms with van der Waals surface area (Å²) >= 11 is 0. The number of ether oxygens (including phenoxy) is 1. The third-order valence-electron chi connectivity index (χ3n) is 7.45. The van der Waals surface area contributed by atoms with E-state index in [-0.39, 0.29) is 5.04 Å². The van der Waals surface area contributed by atoms with Crippen molar-refractivity contribution >= 4 is 29.9 Å². The maximum Gasteiger partial charge on any atom is 0.250 e. The number of benzene rings is 3. The average Bonchev–Trinajstić information content (AvgIpc) is 3.11. The summed E-state index contributed by atoms with van der Waals surface area (Å²) in [4.78, 5) is 0. The van der Waals surface area contributed by atoms with Crippen molar-refractivity contribution in [2.75, 3.05) is 7.11 Å². The standard InChI is InChI=1S/C27H36O2Si/c1-9-19-20(10-2)26(28-6)24-21-13-11-12-17-14-15-18(23(17)21)16-22(24)25(19)29-30(7,8)27(3,4)5/h11-13,16H,9-10,14-15H2,1-8H3. The van der Waals surface area contributed by atoms with E-state index in [1.165, 1.54) is 43.8 Å². The molecule has 0 saturated heterocycles. The molecule has 160 valence electrons. The zero-order chi connectivity index (χ0) is 21.8. The van der Waals surface area contributed by atoms with Crippen LogP contribution in [0.1, 0.15) is 56.9 Å². The predicted molar refractivity (Wildman–Crippen MR) is 132 cm³/mol. The minimum absolute atomic E-state index is 0.150. The van der Waals surface area contributed by atoms with Gasteiger partial charge in [0.2, 0.25) is 0 Å². The quantitative estimate of drug-likeness (QED) is 0.312. The summed E-state index contributed by atoms with van der Waals surface area (Å²) in [6.07, 6.45) is 4.14. The first kappa shape index (κ1) is 21.2. The minimum atomic E-state index is -2.00. The summed E-state index contributed by atoms with van der Waals surface area (Å²) in [6.45, 7) is 16.1. The van der Waals surface area contributed by atoms with Crippen LogP contribution in [0.5, 0.6) is 11.5 Å². The third-order valence-corrected chi connectivity index (χ3v) is 11.8. The molecule has 3 aromatic carbocycles. The second-order valence-electron chi connectivity index (χ2n) is 10.2. The van der Waals surface area contributed by atoms with Crippen molar-refractivity contribution in [3.05, 3.63) is 46.5 Å². The molecule has 0 saturated carbocycles. The monoisotopic (exact) mass is 420 g/mol. The van der Waals surface area contributed by atoms with Crippen molar-refractivity contribution < 1.29 is 9.16 Å². The Morgan fingerprint density at radius 2 is 1.50 bits per heavy atom. The van der Waals surface area contributed by atoms with Gasteiger partial charge >= 0.3 is 0 Å². The Morgan fingerprint density at radius 3 is 2.10 bits per heavy atom. The second-order valence-corrected chi connectivity index (χ2v) is 14.9. The van der Waals surface area contributed by atoms with Gasteiger partial charge in [-0.15, -0.1) is 0 Å². The molecule has 0 spiro atoms. The summed E-state index contributed by atoms with van der Waals surface area (Å²) in [5.41, 5.74) is 5.56. The van der Waals surface area contributed by atoms with Gasteiger partial charge in [-0.2, -0.15) is 0 Å². The highest BCUT2D eigenvalue weighted by atomic mass is 28.4. The Bertz CT molecular complexity index is 1140. The summed E-state index contributed by atoms with van der Waals surface area (Å²) in [6, 6.07) is 9.18. The number of hydrogen-bond donors (Lipinski definition) is 0. The van der Waals surface area contributed by atoms with Crippen LogP contribution in [0.3, 0.4) is 0 Å². The van der Waals surface area contributed by atoms with Gasteiger partial charge in [0.15, 0.2) is 0 Å². The Kier molecular flexibility index (Phi) is 5.17. The van der Waals surface area contributed by atoms with Gasteiger partial charge in [0.05, 0.1) is 7.11 Å². The van der Waals surface area contributed by atoms with Crippen LogP contribution in [-0.2, 0) is 25.7 Å². The largest absolute Gasteiger partial charge is 0.543 e. The van der Waals surface area contributed by atoms with E-state index in [0.717, 1.165) is 37.2 Å². The fourth-order valence-corrected chi connectivity index (χ4v) is 5.89. The SMILES string of the molecule is CCc1c(CC)c(OC)c2c(cc3c4c(cccc42)CC3)c1O[Si](C)(C)C(C)(C)C. The molecule has 3 aromatic rings. The highest BCUT2D eigenvalue weighted by molar-refractivity contribution is 6.74. The molecule has 0 aliphatic heterocycles. The molecule has 3 heteroatoms. The summed E-state index contributed by atoms with van der Waals surface area (Å²) in [5, 5.41) is 5.40. The Hall–Kier alpha value is -2.00. The van der Waals surface area contributed by atoms with Crippen molar-refractivity contribution in [1.82, 2.24) is 0 Å². The van der Waals surface area contributed by atoms with E-state index in [1.807, 2.05) is 7.11 Å². The maximum atomic E-state index is 7.09. The fraction of sp³-hybridized carbons (Fsp3) is 0.481. The van der Waals surface area contributed by atoms with Gasteiger partial charge in [0.1, 0.15) is 11.5 Å². The molecular formula is C27H36O2Si. The molecule has 0 atom stereocenters. The van der Waals surface area contributed by atoms with Gasteiger partial charge in [-0.3, -0.25) is 0 Å². The van der Waals surface area contributed by atoms with Crippen molar-refractivity contribution in [1.29, 1.82) is 0 Å². The Labute approximate surface area is 182 Å². The normalized spacial score (nSPS) is 14.0. The highest BCUT2D eigenvalue weighted by Crippen LogP contribution is 2.49. The fourth-order valence-electron chi connectivity index (χ4n) is 4.84. The van der Waals surface area contributed by atoms with Crippen molar-refractivity contribution in [3.63, 3.8) is 0 Å².